The lowest BCUT2D eigenvalue weighted by molar-refractivity contribution is 0.575. The zero-order valence-corrected chi connectivity index (χ0v) is 8.33. The third kappa shape index (κ3) is 1.50. The van der Waals surface area contributed by atoms with E-state index in [1.807, 2.05) is 24.3 Å². The molecule has 0 amide bonds. The van der Waals surface area contributed by atoms with Crippen molar-refractivity contribution >= 4 is 0 Å². The maximum absolute atomic E-state index is 5.26. The molecule has 0 saturated carbocycles. The normalized spacial score (nSPS) is 10.5. The Morgan fingerprint density at radius 1 is 0.812 bits per heavy atom. The SMILES string of the molecule is c1coc(-c2cncc(-c3ccco3)n2)c1. The smallest absolute Gasteiger partial charge is 0.153 e. The van der Waals surface area contributed by atoms with E-state index in [1.54, 1.807) is 24.9 Å². The van der Waals surface area contributed by atoms with Gasteiger partial charge in [-0.15, -0.1) is 0 Å². The third-order valence-electron chi connectivity index (χ3n) is 2.18. The van der Waals surface area contributed by atoms with Crippen molar-refractivity contribution in [3.8, 4) is 22.9 Å². The van der Waals surface area contributed by atoms with Crippen LogP contribution in [0, 0.1) is 0 Å². The topological polar surface area (TPSA) is 52.1 Å². The molecule has 0 aliphatic carbocycles. The average molecular weight is 212 g/mol. The van der Waals surface area contributed by atoms with E-state index in [2.05, 4.69) is 9.97 Å². The van der Waals surface area contributed by atoms with Crippen LogP contribution in [-0.2, 0) is 0 Å². The maximum Gasteiger partial charge on any atom is 0.153 e. The van der Waals surface area contributed by atoms with Gasteiger partial charge in [0.25, 0.3) is 0 Å². The molecule has 3 heterocycles. The van der Waals surface area contributed by atoms with Gasteiger partial charge >= 0.3 is 0 Å². The molecular weight excluding hydrogens is 204 g/mol. The van der Waals surface area contributed by atoms with Crippen LogP contribution < -0.4 is 0 Å². The highest BCUT2D eigenvalue weighted by atomic mass is 16.3. The van der Waals surface area contributed by atoms with Crippen LogP contribution in [-0.4, -0.2) is 9.97 Å². The Bertz CT molecular complexity index is 521. The molecule has 0 N–H and O–H groups in total. The molecule has 0 saturated heterocycles. The Morgan fingerprint density at radius 3 is 1.81 bits per heavy atom. The second kappa shape index (κ2) is 3.66. The van der Waals surface area contributed by atoms with Crippen molar-refractivity contribution in [2.75, 3.05) is 0 Å². The highest BCUT2D eigenvalue weighted by Gasteiger charge is 2.07. The molecule has 0 spiro atoms. The number of rotatable bonds is 2. The highest BCUT2D eigenvalue weighted by molar-refractivity contribution is 5.57. The van der Waals surface area contributed by atoms with Gasteiger partial charge in [-0.1, -0.05) is 0 Å². The van der Waals surface area contributed by atoms with Crippen LogP contribution in [0.1, 0.15) is 0 Å². The maximum atomic E-state index is 5.26. The van der Waals surface area contributed by atoms with Gasteiger partial charge in [0.2, 0.25) is 0 Å². The second-order valence-corrected chi connectivity index (χ2v) is 3.24. The van der Waals surface area contributed by atoms with Crippen LogP contribution in [0.5, 0.6) is 0 Å². The van der Waals surface area contributed by atoms with Crippen molar-refractivity contribution < 1.29 is 8.83 Å². The molecule has 78 valence electrons. The predicted molar refractivity (Wildman–Crippen MR) is 57.4 cm³/mol. The van der Waals surface area contributed by atoms with Crippen molar-refractivity contribution in [1.29, 1.82) is 0 Å². The Hall–Kier alpha value is -2.36. The summed E-state index contributed by atoms with van der Waals surface area (Å²) < 4.78 is 10.5. The largest absolute Gasteiger partial charge is 0.463 e. The summed E-state index contributed by atoms with van der Waals surface area (Å²) in [7, 11) is 0. The summed E-state index contributed by atoms with van der Waals surface area (Å²) in [5, 5.41) is 0. The van der Waals surface area contributed by atoms with E-state index >= 15 is 0 Å². The Labute approximate surface area is 91.6 Å². The van der Waals surface area contributed by atoms with E-state index in [1.165, 1.54) is 0 Å². The van der Waals surface area contributed by atoms with Crippen molar-refractivity contribution in [3.05, 3.63) is 49.2 Å². The summed E-state index contributed by atoms with van der Waals surface area (Å²) >= 11 is 0. The van der Waals surface area contributed by atoms with Gasteiger partial charge in [0.15, 0.2) is 11.5 Å². The summed E-state index contributed by atoms with van der Waals surface area (Å²) in [5.41, 5.74) is 1.39. The standard InChI is InChI=1S/C12H8N2O2/c1-3-11(15-5-1)9-7-13-8-10(14-9)12-4-2-6-16-12/h1-8H. The molecule has 0 aromatic carbocycles. The van der Waals surface area contributed by atoms with Crippen molar-refractivity contribution in [2.24, 2.45) is 0 Å². The Balaban J connectivity index is 2.07. The molecule has 4 heteroatoms. The van der Waals surface area contributed by atoms with Crippen LogP contribution in [0.3, 0.4) is 0 Å². The lowest BCUT2D eigenvalue weighted by Crippen LogP contribution is -1.87. The van der Waals surface area contributed by atoms with Gasteiger partial charge in [0.05, 0.1) is 24.9 Å². The van der Waals surface area contributed by atoms with Gasteiger partial charge in [0.1, 0.15) is 11.4 Å². The van der Waals surface area contributed by atoms with E-state index in [0.717, 1.165) is 0 Å². The van der Waals surface area contributed by atoms with Gasteiger partial charge in [-0.2, -0.15) is 0 Å². The van der Waals surface area contributed by atoms with E-state index in [4.69, 9.17) is 8.83 Å². The molecule has 0 aliphatic heterocycles. The van der Waals surface area contributed by atoms with Crippen LogP contribution >= 0.6 is 0 Å². The molecule has 0 bridgehead atoms. The molecule has 3 rings (SSSR count). The highest BCUT2D eigenvalue weighted by Crippen LogP contribution is 2.21. The summed E-state index contributed by atoms with van der Waals surface area (Å²) in [6, 6.07) is 7.32. The molecule has 0 unspecified atom stereocenters. The minimum Gasteiger partial charge on any atom is -0.463 e. The third-order valence-corrected chi connectivity index (χ3v) is 2.18. The summed E-state index contributed by atoms with van der Waals surface area (Å²) in [6.07, 6.45) is 6.53. The summed E-state index contributed by atoms with van der Waals surface area (Å²) in [6.45, 7) is 0. The molecule has 0 aliphatic rings. The lowest BCUT2D eigenvalue weighted by Gasteiger charge is -1.98. The van der Waals surface area contributed by atoms with Crippen LogP contribution in [0.25, 0.3) is 22.9 Å². The fraction of sp³-hybridized carbons (Fsp3) is 0. The Kier molecular flexibility index (Phi) is 2.04. The first-order chi connectivity index (χ1) is 7.93. The van der Waals surface area contributed by atoms with E-state index in [0.29, 0.717) is 22.9 Å². The van der Waals surface area contributed by atoms with Crippen LogP contribution in [0.2, 0.25) is 0 Å². The Morgan fingerprint density at radius 2 is 1.38 bits per heavy atom. The molecule has 4 nitrogen and oxygen atoms in total. The van der Waals surface area contributed by atoms with Gasteiger partial charge in [-0.25, -0.2) is 4.98 Å². The van der Waals surface area contributed by atoms with E-state index in [-0.39, 0.29) is 0 Å². The molecule has 16 heavy (non-hydrogen) atoms. The van der Waals surface area contributed by atoms with Crippen molar-refractivity contribution in [1.82, 2.24) is 9.97 Å². The number of hydrogen-bond donors (Lipinski definition) is 0. The first-order valence-electron chi connectivity index (χ1n) is 4.83. The van der Waals surface area contributed by atoms with Gasteiger partial charge in [-0.05, 0) is 24.3 Å². The van der Waals surface area contributed by atoms with Gasteiger partial charge in [0, 0.05) is 0 Å². The van der Waals surface area contributed by atoms with Gasteiger partial charge in [-0.3, -0.25) is 4.98 Å². The van der Waals surface area contributed by atoms with Crippen molar-refractivity contribution in [2.45, 2.75) is 0 Å². The first kappa shape index (κ1) is 8.91. The predicted octanol–water partition coefficient (Wildman–Crippen LogP) is 3.00. The molecule has 3 aromatic heterocycles. The summed E-state index contributed by atoms with van der Waals surface area (Å²) in [5.74, 6) is 1.39. The zero-order valence-electron chi connectivity index (χ0n) is 8.33. The van der Waals surface area contributed by atoms with Crippen molar-refractivity contribution in [3.63, 3.8) is 0 Å². The average Bonchev–Trinajstić information content (AvgIpc) is 3.03. The second-order valence-electron chi connectivity index (χ2n) is 3.24. The molecule has 3 aromatic rings. The fourth-order valence-corrected chi connectivity index (χ4v) is 1.45. The molecular formula is C12H8N2O2. The molecule has 0 atom stereocenters. The quantitative estimate of drug-likeness (QED) is 0.655. The minimum atomic E-state index is 0.693. The van der Waals surface area contributed by atoms with Crippen LogP contribution in [0.15, 0.2) is 58.0 Å². The number of furan rings is 2. The minimum absolute atomic E-state index is 0.693. The van der Waals surface area contributed by atoms with E-state index in [9.17, 15) is 0 Å². The zero-order chi connectivity index (χ0) is 10.8. The van der Waals surface area contributed by atoms with E-state index < -0.39 is 0 Å². The number of hydrogen-bond acceptors (Lipinski definition) is 4. The summed E-state index contributed by atoms with van der Waals surface area (Å²) in [4.78, 5) is 8.52. The fourth-order valence-electron chi connectivity index (χ4n) is 1.45. The number of nitrogens with zero attached hydrogens (tertiary/aromatic N) is 2. The monoisotopic (exact) mass is 212 g/mol. The number of aromatic nitrogens is 2. The first-order valence-corrected chi connectivity index (χ1v) is 4.83. The van der Waals surface area contributed by atoms with Gasteiger partial charge < -0.3 is 8.83 Å². The van der Waals surface area contributed by atoms with Crippen LogP contribution in [0.4, 0.5) is 0 Å². The molecule has 0 fully saturated rings. The lowest BCUT2D eigenvalue weighted by atomic mass is 10.3. The molecule has 0 radical (unpaired) electrons.